The summed E-state index contributed by atoms with van der Waals surface area (Å²) in [6.45, 7) is 2.54. The average molecular weight is 177 g/mol. The van der Waals surface area contributed by atoms with E-state index in [4.69, 9.17) is 5.11 Å². The molecule has 4 nitrogen and oxygen atoms in total. The minimum absolute atomic E-state index is 0.0694. The van der Waals surface area contributed by atoms with Crippen LogP contribution in [0.25, 0.3) is 11.0 Å². The van der Waals surface area contributed by atoms with Gasteiger partial charge in [0.05, 0.1) is 13.2 Å². The summed E-state index contributed by atoms with van der Waals surface area (Å²) in [6, 6.07) is 5.92. The summed E-state index contributed by atoms with van der Waals surface area (Å²) >= 11 is 0. The van der Waals surface area contributed by atoms with E-state index in [1.54, 1.807) is 0 Å². The van der Waals surface area contributed by atoms with E-state index in [1.807, 2.05) is 25.1 Å². The number of benzene rings is 1. The third-order valence-corrected chi connectivity index (χ3v) is 1.88. The molecular formula is C9H11N3O. The van der Waals surface area contributed by atoms with E-state index < -0.39 is 0 Å². The Balaban J connectivity index is 2.49. The molecule has 1 aromatic carbocycles. The van der Waals surface area contributed by atoms with E-state index in [2.05, 4.69) is 10.2 Å². The number of aliphatic hydroxyl groups excluding tert-OH is 1. The van der Waals surface area contributed by atoms with Crippen molar-refractivity contribution in [2.24, 2.45) is 0 Å². The Morgan fingerprint density at radius 2 is 2.08 bits per heavy atom. The first-order chi connectivity index (χ1) is 6.29. The van der Waals surface area contributed by atoms with Crippen molar-refractivity contribution in [3.63, 3.8) is 0 Å². The van der Waals surface area contributed by atoms with Gasteiger partial charge in [-0.15, -0.1) is 0 Å². The molecule has 0 unspecified atom stereocenters. The van der Waals surface area contributed by atoms with Crippen LogP contribution in [0, 0.1) is 6.92 Å². The molecule has 1 N–H and O–H groups in total. The first-order valence-electron chi connectivity index (χ1n) is 4.22. The Labute approximate surface area is 75.8 Å². The second kappa shape index (κ2) is 3.14. The van der Waals surface area contributed by atoms with E-state index in [0.29, 0.717) is 6.54 Å². The minimum atomic E-state index is 0.0694. The molecule has 13 heavy (non-hydrogen) atoms. The number of rotatable bonds is 2. The summed E-state index contributed by atoms with van der Waals surface area (Å²) in [5, 5.41) is 17.1. The van der Waals surface area contributed by atoms with E-state index in [0.717, 1.165) is 11.0 Å². The molecule has 0 aliphatic rings. The normalized spacial score (nSPS) is 10.9. The maximum Gasteiger partial charge on any atom is 0.113 e. The van der Waals surface area contributed by atoms with Crippen molar-refractivity contribution in [2.45, 2.75) is 13.5 Å². The van der Waals surface area contributed by atoms with Crippen LogP contribution in [0.15, 0.2) is 18.2 Å². The lowest BCUT2D eigenvalue weighted by atomic mass is 10.2. The molecule has 0 atom stereocenters. The number of hydrogen-bond donors (Lipinski definition) is 1. The second-order valence-electron chi connectivity index (χ2n) is 3.01. The highest BCUT2D eigenvalue weighted by molar-refractivity contribution is 5.74. The van der Waals surface area contributed by atoms with Crippen molar-refractivity contribution in [1.82, 2.24) is 15.0 Å². The largest absolute Gasteiger partial charge is 0.394 e. The molecule has 68 valence electrons. The van der Waals surface area contributed by atoms with Crippen molar-refractivity contribution in [2.75, 3.05) is 6.61 Å². The highest BCUT2D eigenvalue weighted by Gasteiger charge is 2.00. The number of nitrogens with zero attached hydrogens (tertiary/aromatic N) is 3. The van der Waals surface area contributed by atoms with E-state index >= 15 is 0 Å². The van der Waals surface area contributed by atoms with Crippen LogP contribution in [0.1, 0.15) is 5.56 Å². The molecular weight excluding hydrogens is 166 g/mol. The zero-order valence-corrected chi connectivity index (χ0v) is 7.44. The van der Waals surface area contributed by atoms with Gasteiger partial charge in [-0.25, -0.2) is 0 Å². The van der Waals surface area contributed by atoms with Gasteiger partial charge in [0.1, 0.15) is 11.0 Å². The highest BCUT2D eigenvalue weighted by atomic mass is 16.3. The summed E-state index contributed by atoms with van der Waals surface area (Å²) in [7, 11) is 0. The molecule has 0 fully saturated rings. The molecule has 0 aliphatic heterocycles. The van der Waals surface area contributed by atoms with Crippen molar-refractivity contribution in [3.8, 4) is 0 Å². The maximum atomic E-state index is 8.70. The van der Waals surface area contributed by atoms with Crippen LogP contribution in [0.2, 0.25) is 0 Å². The molecule has 1 aromatic heterocycles. The fourth-order valence-electron chi connectivity index (χ4n) is 1.26. The number of aromatic nitrogens is 3. The molecule has 0 saturated carbocycles. The Hall–Kier alpha value is -1.42. The Morgan fingerprint density at radius 3 is 2.85 bits per heavy atom. The topological polar surface area (TPSA) is 50.9 Å². The van der Waals surface area contributed by atoms with Gasteiger partial charge in [-0.3, -0.25) is 0 Å². The fraction of sp³-hybridized carbons (Fsp3) is 0.333. The molecule has 0 saturated heterocycles. The van der Waals surface area contributed by atoms with Gasteiger partial charge < -0.3 is 5.11 Å². The summed E-state index contributed by atoms with van der Waals surface area (Å²) in [4.78, 5) is 1.52. The SMILES string of the molecule is Cc1ccc2nn(CCO)nc2c1. The average Bonchev–Trinajstić information content (AvgIpc) is 2.46. The number of hydrogen-bond acceptors (Lipinski definition) is 3. The number of aryl methyl sites for hydroxylation is 1. The molecule has 0 bridgehead atoms. The van der Waals surface area contributed by atoms with Crippen molar-refractivity contribution < 1.29 is 5.11 Å². The van der Waals surface area contributed by atoms with Crippen LogP contribution in [0.4, 0.5) is 0 Å². The van der Waals surface area contributed by atoms with Gasteiger partial charge in [0.15, 0.2) is 0 Å². The summed E-state index contributed by atoms with van der Waals surface area (Å²) in [5.74, 6) is 0. The predicted octanol–water partition coefficient (Wildman–Crippen LogP) is 0.732. The zero-order chi connectivity index (χ0) is 9.26. The van der Waals surface area contributed by atoms with Gasteiger partial charge in [-0.05, 0) is 24.6 Å². The lowest BCUT2D eigenvalue weighted by Gasteiger charge is -1.90. The van der Waals surface area contributed by atoms with E-state index in [-0.39, 0.29) is 6.61 Å². The summed E-state index contributed by atoms with van der Waals surface area (Å²) in [6.07, 6.45) is 0. The molecule has 0 spiro atoms. The standard InChI is InChI=1S/C9H11N3O/c1-7-2-3-8-9(6-7)11-12(10-8)4-5-13/h2-3,6,13H,4-5H2,1H3. The van der Waals surface area contributed by atoms with Crippen molar-refractivity contribution in [3.05, 3.63) is 23.8 Å². The third-order valence-electron chi connectivity index (χ3n) is 1.88. The van der Waals surface area contributed by atoms with Gasteiger partial charge >= 0.3 is 0 Å². The Kier molecular flexibility index (Phi) is 1.98. The molecule has 0 aliphatic carbocycles. The lowest BCUT2D eigenvalue weighted by molar-refractivity contribution is 0.261. The zero-order valence-electron chi connectivity index (χ0n) is 7.44. The fourth-order valence-corrected chi connectivity index (χ4v) is 1.26. The molecule has 0 amide bonds. The van der Waals surface area contributed by atoms with E-state index in [1.165, 1.54) is 10.4 Å². The summed E-state index contributed by atoms with van der Waals surface area (Å²) in [5.41, 5.74) is 2.93. The van der Waals surface area contributed by atoms with Gasteiger partial charge in [0.25, 0.3) is 0 Å². The van der Waals surface area contributed by atoms with Gasteiger partial charge in [0.2, 0.25) is 0 Å². The highest BCUT2D eigenvalue weighted by Crippen LogP contribution is 2.10. The van der Waals surface area contributed by atoms with E-state index in [9.17, 15) is 0 Å². The Morgan fingerprint density at radius 1 is 1.31 bits per heavy atom. The lowest BCUT2D eigenvalue weighted by Crippen LogP contribution is -2.05. The number of aliphatic hydroxyl groups is 1. The van der Waals surface area contributed by atoms with Crippen LogP contribution in [-0.2, 0) is 6.54 Å². The van der Waals surface area contributed by atoms with Crippen LogP contribution in [0.3, 0.4) is 0 Å². The molecule has 0 radical (unpaired) electrons. The first-order valence-corrected chi connectivity index (χ1v) is 4.22. The Bertz CT molecular complexity index is 422. The van der Waals surface area contributed by atoms with Crippen LogP contribution >= 0.6 is 0 Å². The first kappa shape index (κ1) is 8.19. The quantitative estimate of drug-likeness (QED) is 0.735. The number of fused-ring (bicyclic) bond motifs is 1. The van der Waals surface area contributed by atoms with Crippen LogP contribution in [0.5, 0.6) is 0 Å². The summed E-state index contributed by atoms with van der Waals surface area (Å²) < 4.78 is 0. The van der Waals surface area contributed by atoms with Gasteiger partial charge in [0, 0.05) is 0 Å². The van der Waals surface area contributed by atoms with Crippen LogP contribution in [-0.4, -0.2) is 26.7 Å². The smallest absolute Gasteiger partial charge is 0.113 e. The molecule has 2 aromatic rings. The predicted molar refractivity (Wildman–Crippen MR) is 49.4 cm³/mol. The molecule has 1 heterocycles. The van der Waals surface area contributed by atoms with Crippen molar-refractivity contribution in [1.29, 1.82) is 0 Å². The van der Waals surface area contributed by atoms with Gasteiger partial charge in [-0.2, -0.15) is 15.0 Å². The minimum Gasteiger partial charge on any atom is -0.394 e. The second-order valence-corrected chi connectivity index (χ2v) is 3.01. The molecule has 4 heteroatoms. The maximum absolute atomic E-state index is 8.70. The van der Waals surface area contributed by atoms with Gasteiger partial charge in [-0.1, -0.05) is 6.07 Å². The monoisotopic (exact) mass is 177 g/mol. The van der Waals surface area contributed by atoms with Crippen LogP contribution < -0.4 is 0 Å². The molecule has 2 rings (SSSR count). The van der Waals surface area contributed by atoms with Crippen molar-refractivity contribution >= 4 is 11.0 Å². The third kappa shape index (κ3) is 1.53.